The molecule has 0 aliphatic heterocycles. The Kier molecular flexibility index (Phi) is 4.95. The molecule has 2 unspecified atom stereocenters. The van der Waals surface area contributed by atoms with Crippen molar-refractivity contribution in [1.29, 1.82) is 0 Å². The molecule has 1 amide bonds. The largest absolute Gasteiger partial charge is 0.481 e. The van der Waals surface area contributed by atoms with Gasteiger partial charge in [-0.3, -0.25) is 9.59 Å². The van der Waals surface area contributed by atoms with E-state index < -0.39 is 17.9 Å². The van der Waals surface area contributed by atoms with Gasteiger partial charge in [0.1, 0.15) is 0 Å². The van der Waals surface area contributed by atoms with E-state index in [2.05, 4.69) is 5.32 Å². The van der Waals surface area contributed by atoms with Gasteiger partial charge in [0, 0.05) is 6.04 Å². The summed E-state index contributed by atoms with van der Waals surface area (Å²) in [6.45, 7) is 7.02. The lowest BCUT2D eigenvalue weighted by atomic mass is 10.0. The van der Waals surface area contributed by atoms with Crippen molar-refractivity contribution >= 4 is 23.5 Å². The minimum atomic E-state index is -0.945. The Bertz CT molecular complexity index is 514. The Balaban J connectivity index is 2.90. The molecule has 0 saturated carbocycles. The van der Waals surface area contributed by atoms with Crippen molar-refractivity contribution in [1.82, 2.24) is 5.32 Å². The van der Waals surface area contributed by atoms with Gasteiger partial charge in [0.2, 0.25) is 0 Å². The van der Waals surface area contributed by atoms with E-state index >= 15 is 0 Å². The Morgan fingerprint density at radius 2 is 1.74 bits per heavy atom. The van der Waals surface area contributed by atoms with Gasteiger partial charge in [-0.15, -0.1) is 0 Å². The van der Waals surface area contributed by atoms with Crippen molar-refractivity contribution in [2.24, 2.45) is 5.92 Å². The zero-order chi connectivity index (χ0) is 14.7. The number of hydrogen-bond donors (Lipinski definition) is 2. The Morgan fingerprint density at radius 1 is 1.21 bits per heavy atom. The highest BCUT2D eigenvalue weighted by molar-refractivity contribution is 6.34. The summed E-state index contributed by atoms with van der Waals surface area (Å²) in [6, 6.07) is 2.98. The molecule has 5 heteroatoms. The molecule has 1 aromatic rings. The molecule has 2 N–H and O–H groups in total. The number of carbonyl (C=O) groups is 2. The van der Waals surface area contributed by atoms with Gasteiger partial charge >= 0.3 is 5.97 Å². The van der Waals surface area contributed by atoms with E-state index in [1.807, 2.05) is 13.8 Å². The summed E-state index contributed by atoms with van der Waals surface area (Å²) in [5.41, 5.74) is 2.34. The number of carbonyl (C=O) groups excluding carboxylic acids is 1. The number of rotatable bonds is 4. The first-order valence-electron chi connectivity index (χ1n) is 6.04. The fraction of sp³-hybridized carbons (Fsp3) is 0.429. The van der Waals surface area contributed by atoms with Gasteiger partial charge in [-0.25, -0.2) is 0 Å². The number of halogens is 1. The van der Waals surface area contributed by atoms with Crippen molar-refractivity contribution in [2.75, 3.05) is 0 Å². The number of carboxylic acid groups (broad SMARTS) is 1. The molecule has 1 aromatic carbocycles. The van der Waals surface area contributed by atoms with Gasteiger partial charge in [0.25, 0.3) is 5.91 Å². The number of aliphatic carboxylic acids is 1. The third kappa shape index (κ3) is 3.70. The number of nitrogens with one attached hydrogen (secondary N) is 1. The van der Waals surface area contributed by atoms with Gasteiger partial charge in [0.05, 0.1) is 16.5 Å². The van der Waals surface area contributed by atoms with Crippen LogP contribution in [0.15, 0.2) is 12.1 Å². The molecule has 2 atom stereocenters. The average molecular weight is 284 g/mol. The maximum atomic E-state index is 12.1. The fourth-order valence-corrected chi connectivity index (χ4v) is 1.88. The minimum absolute atomic E-state index is 0.353. The highest BCUT2D eigenvalue weighted by Gasteiger charge is 2.22. The van der Waals surface area contributed by atoms with Crippen LogP contribution in [-0.2, 0) is 4.79 Å². The molecule has 0 aliphatic carbocycles. The van der Waals surface area contributed by atoms with Crippen LogP contribution in [0.2, 0.25) is 5.02 Å². The van der Waals surface area contributed by atoms with Crippen LogP contribution in [-0.4, -0.2) is 23.0 Å². The van der Waals surface area contributed by atoms with Gasteiger partial charge in [-0.1, -0.05) is 11.6 Å². The molecule has 0 spiro atoms. The molecular weight excluding hydrogens is 266 g/mol. The molecule has 19 heavy (non-hydrogen) atoms. The second-order valence-corrected chi connectivity index (χ2v) is 5.21. The summed E-state index contributed by atoms with van der Waals surface area (Å²) in [5.74, 6) is -1.96. The number of amides is 1. The third-order valence-corrected chi connectivity index (χ3v) is 3.64. The standard InChI is InChI=1S/C14H18ClNO3/c1-7-5-11(12(15)6-8(7)2)13(17)16-10(4)9(3)14(18)19/h5-6,9-10H,1-4H3,(H,16,17)(H,18,19). The molecule has 0 bridgehead atoms. The van der Waals surface area contributed by atoms with Crippen molar-refractivity contribution in [3.05, 3.63) is 33.8 Å². The van der Waals surface area contributed by atoms with E-state index in [4.69, 9.17) is 16.7 Å². The molecule has 0 aromatic heterocycles. The molecule has 0 heterocycles. The molecule has 4 nitrogen and oxygen atoms in total. The van der Waals surface area contributed by atoms with E-state index in [9.17, 15) is 9.59 Å². The lowest BCUT2D eigenvalue weighted by Gasteiger charge is -2.18. The van der Waals surface area contributed by atoms with E-state index in [1.165, 1.54) is 0 Å². The highest BCUT2D eigenvalue weighted by Crippen LogP contribution is 2.21. The smallest absolute Gasteiger partial charge is 0.308 e. The monoisotopic (exact) mass is 283 g/mol. The van der Waals surface area contributed by atoms with E-state index in [0.717, 1.165) is 11.1 Å². The molecule has 0 saturated heterocycles. The summed E-state index contributed by atoms with van der Waals surface area (Å²) in [5, 5.41) is 11.9. The van der Waals surface area contributed by atoms with Crippen LogP contribution in [0.5, 0.6) is 0 Å². The first-order valence-corrected chi connectivity index (χ1v) is 6.42. The quantitative estimate of drug-likeness (QED) is 0.893. The second-order valence-electron chi connectivity index (χ2n) is 4.81. The van der Waals surface area contributed by atoms with Crippen molar-refractivity contribution in [3.8, 4) is 0 Å². The van der Waals surface area contributed by atoms with Crippen LogP contribution in [0.4, 0.5) is 0 Å². The van der Waals surface area contributed by atoms with Crippen LogP contribution < -0.4 is 5.32 Å². The molecule has 0 aliphatic rings. The Morgan fingerprint density at radius 3 is 2.26 bits per heavy atom. The maximum Gasteiger partial charge on any atom is 0.308 e. The maximum absolute atomic E-state index is 12.1. The predicted octanol–water partition coefficient (Wildman–Crippen LogP) is 2.80. The molecule has 0 radical (unpaired) electrons. The summed E-state index contributed by atoms with van der Waals surface area (Å²) in [6.07, 6.45) is 0. The minimum Gasteiger partial charge on any atom is -0.481 e. The van der Waals surface area contributed by atoms with Crippen LogP contribution in [0.1, 0.15) is 35.3 Å². The summed E-state index contributed by atoms with van der Waals surface area (Å²) < 4.78 is 0. The second kappa shape index (κ2) is 6.06. The highest BCUT2D eigenvalue weighted by atomic mass is 35.5. The Hall–Kier alpha value is -1.55. The Labute approximate surface area is 117 Å². The van der Waals surface area contributed by atoms with Crippen LogP contribution in [0.3, 0.4) is 0 Å². The summed E-state index contributed by atoms with van der Waals surface area (Å²) in [7, 11) is 0. The SMILES string of the molecule is Cc1cc(Cl)c(C(=O)NC(C)C(C)C(=O)O)cc1C. The van der Waals surface area contributed by atoms with E-state index in [-0.39, 0.29) is 5.91 Å². The van der Waals surface area contributed by atoms with E-state index in [0.29, 0.717) is 10.6 Å². The molecule has 104 valence electrons. The number of hydrogen-bond acceptors (Lipinski definition) is 2. The van der Waals surface area contributed by atoms with Crippen LogP contribution in [0.25, 0.3) is 0 Å². The van der Waals surface area contributed by atoms with Gasteiger partial charge in [0.15, 0.2) is 0 Å². The van der Waals surface area contributed by atoms with Crippen LogP contribution >= 0.6 is 11.6 Å². The first kappa shape index (κ1) is 15.5. The lowest BCUT2D eigenvalue weighted by molar-refractivity contribution is -0.141. The third-order valence-electron chi connectivity index (χ3n) is 3.33. The summed E-state index contributed by atoms with van der Waals surface area (Å²) >= 11 is 6.04. The summed E-state index contributed by atoms with van der Waals surface area (Å²) in [4.78, 5) is 22.9. The lowest BCUT2D eigenvalue weighted by Crippen LogP contribution is -2.40. The van der Waals surface area contributed by atoms with Crippen LogP contribution in [0, 0.1) is 19.8 Å². The zero-order valence-corrected chi connectivity index (χ0v) is 12.2. The molecule has 0 fully saturated rings. The molecule has 1 rings (SSSR count). The van der Waals surface area contributed by atoms with Crippen molar-refractivity contribution < 1.29 is 14.7 Å². The first-order chi connectivity index (χ1) is 8.73. The predicted molar refractivity (Wildman–Crippen MR) is 74.7 cm³/mol. The average Bonchev–Trinajstić information content (AvgIpc) is 2.32. The normalized spacial score (nSPS) is 13.7. The number of carboxylic acids is 1. The van der Waals surface area contributed by atoms with Gasteiger partial charge in [-0.2, -0.15) is 0 Å². The molecular formula is C14H18ClNO3. The topological polar surface area (TPSA) is 66.4 Å². The van der Waals surface area contributed by atoms with Gasteiger partial charge in [-0.05, 0) is 51.0 Å². The number of aryl methyl sites for hydroxylation is 2. The van der Waals surface area contributed by atoms with Gasteiger partial charge < -0.3 is 10.4 Å². The fourth-order valence-electron chi connectivity index (χ4n) is 1.58. The van der Waals surface area contributed by atoms with Crippen molar-refractivity contribution in [2.45, 2.75) is 33.7 Å². The zero-order valence-electron chi connectivity index (χ0n) is 11.5. The van der Waals surface area contributed by atoms with E-state index in [1.54, 1.807) is 26.0 Å². The number of benzene rings is 1. The van der Waals surface area contributed by atoms with Crippen molar-refractivity contribution in [3.63, 3.8) is 0 Å².